The zero-order valence-electron chi connectivity index (χ0n) is 7.30. The Morgan fingerprint density at radius 3 is 2.62 bits per heavy atom. The van der Waals surface area contributed by atoms with E-state index in [1.54, 1.807) is 12.1 Å². The van der Waals surface area contributed by atoms with Crippen LogP contribution in [0.1, 0.15) is 5.56 Å². The molecular weight excluding hydrogens is 187 g/mol. The van der Waals surface area contributed by atoms with Crippen LogP contribution in [0, 0.1) is 11.2 Å². The van der Waals surface area contributed by atoms with Crippen molar-refractivity contribution in [2.24, 2.45) is 0 Å². The largest absolute Gasteiger partial charge is 0.361 e. The molecule has 0 atom stereocenters. The van der Waals surface area contributed by atoms with Gasteiger partial charge in [0.05, 0.1) is 0 Å². The highest BCUT2D eigenvalue weighted by Gasteiger charge is 1.95. The van der Waals surface area contributed by atoms with Crippen LogP contribution >= 0.6 is 11.8 Å². The summed E-state index contributed by atoms with van der Waals surface area (Å²) in [5.74, 6) is -0.233. The number of hydrogen-bond donors (Lipinski definition) is 2. The van der Waals surface area contributed by atoms with Crippen molar-refractivity contribution in [3.63, 3.8) is 0 Å². The van der Waals surface area contributed by atoms with Gasteiger partial charge in [0.2, 0.25) is 0 Å². The molecule has 0 heterocycles. The molecule has 0 spiro atoms. The van der Waals surface area contributed by atoms with Crippen LogP contribution in [0.2, 0.25) is 0 Å². The highest BCUT2D eigenvalue weighted by Crippen LogP contribution is 2.02. The van der Waals surface area contributed by atoms with Crippen LogP contribution in [-0.2, 0) is 6.54 Å². The third kappa shape index (κ3) is 3.46. The Labute approximate surface area is 81.1 Å². The average molecular weight is 198 g/mol. The van der Waals surface area contributed by atoms with E-state index in [0.29, 0.717) is 11.7 Å². The molecule has 0 aliphatic rings. The monoisotopic (exact) mass is 198 g/mol. The Morgan fingerprint density at radius 2 is 2.08 bits per heavy atom. The van der Waals surface area contributed by atoms with E-state index in [-0.39, 0.29) is 5.82 Å². The van der Waals surface area contributed by atoms with Gasteiger partial charge in [0, 0.05) is 6.54 Å². The normalized spacial score (nSPS) is 9.69. The molecule has 4 heteroatoms. The molecule has 0 saturated heterocycles. The first-order chi connectivity index (χ1) is 6.22. The van der Waals surface area contributed by atoms with Crippen LogP contribution in [0.15, 0.2) is 24.3 Å². The van der Waals surface area contributed by atoms with Gasteiger partial charge in [0.1, 0.15) is 5.82 Å². The summed E-state index contributed by atoms with van der Waals surface area (Å²) in [6.07, 6.45) is 1.83. The quantitative estimate of drug-likeness (QED) is 0.564. The second kappa shape index (κ2) is 4.87. The fourth-order valence-corrected chi connectivity index (χ4v) is 1.07. The van der Waals surface area contributed by atoms with E-state index in [0.717, 1.165) is 5.56 Å². The highest BCUT2D eigenvalue weighted by molar-refractivity contribution is 8.13. The predicted octanol–water partition coefficient (Wildman–Crippen LogP) is 2.21. The second-order valence-electron chi connectivity index (χ2n) is 2.51. The Morgan fingerprint density at radius 1 is 1.46 bits per heavy atom. The standard InChI is InChI=1S/C9H11FN2S/c1-13-9(11)12-6-7-2-4-8(10)5-3-7/h2-5H,6H2,1H3,(H2,11,12). The zero-order chi connectivity index (χ0) is 9.68. The molecule has 13 heavy (non-hydrogen) atoms. The maximum absolute atomic E-state index is 12.5. The van der Waals surface area contributed by atoms with Gasteiger partial charge in [-0.25, -0.2) is 4.39 Å². The molecular formula is C9H11FN2S. The number of nitrogens with one attached hydrogen (secondary N) is 2. The minimum Gasteiger partial charge on any atom is -0.361 e. The van der Waals surface area contributed by atoms with Gasteiger partial charge in [-0.3, -0.25) is 5.41 Å². The van der Waals surface area contributed by atoms with E-state index >= 15 is 0 Å². The van der Waals surface area contributed by atoms with Crippen LogP contribution in [-0.4, -0.2) is 11.4 Å². The van der Waals surface area contributed by atoms with Gasteiger partial charge >= 0.3 is 0 Å². The summed E-state index contributed by atoms with van der Waals surface area (Å²) in [5.41, 5.74) is 0.972. The molecule has 0 fully saturated rings. The van der Waals surface area contributed by atoms with Crippen molar-refractivity contribution >= 4 is 16.9 Å². The Balaban J connectivity index is 2.46. The lowest BCUT2D eigenvalue weighted by atomic mass is 10.2. The van der Waals surface area contributed by atoms with E-state index in [1.165, 1.54) is 23.9 Å². The zero-order valence-corrected chi connectivity index (χ0v) is 8.12. The maximum Gasteiger partial charge on any atom is 0.153 e. The van der Waals surface area contributed by atoms with Gasteiger partial charge in [0.25, 0.3) is 0 Å². The van der Waals surface area contributed by atoms with E-state index in [9.17, 15) is 4.39 Å². The average Bonchev–Trinajstić information content (AvgIpc) is 2.16. The van der Waals surface area contributed by atoms with E-state index in [1.807, 2.05) is 6.26 Å². The van der Waals surface area contributed by atoms with Crippen LogP contribution in [0.5, 0.6) is 0 Å². The molecule has 0 amide bonds. The van der Waals surface area contributed by atoms with Crippen molar-refractivity contribution in [2.45, 2.75) is 6.54 Å². The van der Waals surface area contributed by atoms with E-state index < -0.39 is 0 Å². The van der Waals surface area contributed by atoms with Crippen molar-refractivity contribution in [2.75, 3.05) is 6.26 Å². The molecule has 0 saturated carbocycles. The molecule has 0 aromatic heterocycles. The highest BCUT2D eigenvalue weighted by atomic mass is 32.2. The lowest BCUT2D eigenvalue weighted by Crippen LogP contribution is -2.18. The molecule has 0 aliphatic heterocycles. The van der Waals surface area contributed by atoms with Crippen LogP contribution < -0.4 is 5.32 Å². The summed E-state index contributed by atoms with van der Waals surface area (Å²) >= 11 is 1.35. The number of rotatable bonds is 2. The number of hydrogen-bond acceptors (Lipinski definition) is 2. The summed E-state index contributed by atoms with van der Waals surface area (Å²) in [5, 5.41) is 10.6. The Bertz CT molecular complexity index is 284. The van der Waals surface area contributed by atoms with Gasteiger partial charge in [-0.1, -0.05) is 23.9 Å². The predicted molar refractivity (Wildman–Crippen MR) is 54.5 cm³/mol. The van der Waals surface area contributed by atoms with Gasteiger partial charge in [0.15, 0.2) is 5.17 Å². The van der Waals surface area contributed by atoms with Crippen molar-refractivity contribution in [1.29, 1.82) is 5.41 Å². The molecule has 2 N–H and O–H groups in total. The van der Waals surface area contributed by atoms with Crippen LogP contribution in [0.3, 0.4) is 0 Å². The molecule has 1 aromatic carbocycles. The molecule has 0 radical (unpaired) electrons. The molecule has 70 valence electrons. The number of thioether (sulfide) groups is 1. The minimum absolute atomic E-state index is 0.233. The molecule has 0 bridgehead atoms. The first-order valence-corrected chi connectivity index (χ1v) is 5.05. The summed E-state index contributed by atoms with van der Waals surface area (Å²) in [7, 11) is 0. The van der Waals surface area contributed by atoms with Gasteiger partial charge in [-0.15, -0.1) is 0 Å². The van der Waals surface area contributed by atoms with Crippen molar-refractivity contribution in [3.8, 4) is 0 Å². The second-order valence-corrected chi connectivity index (χ2v) is 3.33. The van der Waals surface area contributed by atoms with Crippen LogP contribution in [0.4, 0.5) is 4.39 Å². The lowest BCUT2D eigenvalue weighted by Gasteiger charge is -2.04. The van der Waals surface area contributed by atoms with Crippen molar-refractivity contribution in [3.05, 3.63) is 35.6 Å². The van der Waals surface area contributed by atoms with E-state index in [2.05, 4.69) is 5.32 Å². The molecule has 1 rings (SSSR count). The molecule has 0 aliphatic carbocycles. The maximum atomic E-state index is 12.5. The fourth-order valence-electron chi connectivity index (χ4n) is 0.857. The minimum atomic E-state index is -0.233. The Hall–Kier alpha value is -1.03. The van der Waals surface area contributed by atoms with Gasteiger partial charge in [-0.05, 0) is 24.0 Å². The molecule has 1 aromatic rings. The summed E-state index contributed by atoms with van der Waals surface area (Å²) in [6, 6.07) is 6.24. The smallest absolute Gasteiger partial charge is 0.153 e. The third-order valence-corrected chi connectivity index (χ3v) is 2.12. The van der Waals surface area contributed by atoms with Crippen molar-refractivity contribution in [1.82, 2.24) is 5.32 Å². The lowest BCUT2D eigenvalue weighted by molar-refractivity contribution is 0.627. The van der Waals surface area contributed by atoms with Gasteiger partial charge in [-0.2, -0.15) is 0 Å². The Kier molecular flexibility index (Phi) is 3.76. The number of amidine groups is 1. The number of halogens is 1. The molecule has 2 nitrogen and oxygen atoms in total. The summed E-state index contributed by atoms with van der Waals surface area (Å²) in [4.78, 5) is 0. The summed E-state index contributed by atoms with van der Waals surface area (Å²) < 4.78 is 12.5. The topological polar surface area (TPSA) is 35.9 Å². The fraction of sp³-hybridized carbons (Fsp3) is 0.222. The van der Waals surface area contributed by atoms with E-state index in [4.69, 9.17) is 5.41 Å². The molecule has 0 unspecified atom stereocenters. The van der Waals surface area contributed by atoms with Gasteiger partial charge < -0.3 is 5.32 Å². The summed E-state index contributed by atoms with van der Waals surface area (Å²) in [6.45, 7) is 0.569. The first kappa shape index (κ1) is 10.1. The SMILES string of the molecule is CSC(=N)NCc1ccc(F)cc1. The van der Waals surface area contributed by atoms with Crippen LogP contribution in [0.25, 0.3) is 0 Å². The first-order valence-electron chi connectivity index (χ1n) is 3.83. The number of benzene rings is 1. The third-order valence-electron chi connectivity index (χ3n) is 1.57. The van der Waals surface area contributed by atoms with Crippen molar-refractivity contribution < 1.29 is 4.39 Å².